The van der Waals surface area contributed by atoms with Gasteiger partial charge in [0.1, 0.15) is 4.90 Å². The fourth-order valence-corrected chi connectivity index (χ4v) is 3.19. The van der Waals surface area contributed by atoms with Gasteiger partial charge in [-0.15, -0.1) is 0 Å². The minimum absolute atomic E-state index is 0.121. The van der Waals surface area contributed by atoms with Gasteiger partial charge in [-0.3, -0.25) is 4.79 Å². The zero-order chi connectivity index (χ0) is 12.9. The summed E-state index contributed by atoms with van der Waals surface area (Å²) in [6, 6.07) is 6.35. The number of hydrogen-bond donors (Lipinski definition) is 1. The molecular weight excluding hydrogens is 240 g/mol. The molecule has 0 fully saturated rings. The SMILES string of the molecule is CCN(CC)S(=O)(=O)c1ccccc1NC=O. The van der Waals surface area contributed by atoms with E-state index in [1.165, 1.54) is 10.4 Å². The third-order valence-corrected chi connectivity index (χ3v) is 4.53. The highest BCUT2D eigenvalue weighted by Crippen LogP contribution is 2.23. The van der Waals surface area contributed by atoms with Crippen LogP contribution in [0.5, 0.6) is 0 Å². The van der Waals surface area contributed by atoms with Gasteiger partial charge in [-0.05, 0) is 12.1 Å². The highest BCUT2D eigenvalue weighted by molar-refractivity contribution is 7.89. The van der Waals surface area contributed by atoms with Crippen molar-refractivity contribution < 1.29 is 13.2 Å². The maximum Gasteiger partial charge on any atom is 0.245 e. The van der Waals surface area contributed by atoms with Crippen molar-refractivity contribution in [3.8, 4) is 0 Å². The smallest absolute Gasteiger partial charge is 0.245 e. The molecule has 94 valence electrons. The summed E-state index contributed by atoms with van der Waals surface area (Å²) in [5, 5.41) is 2.40. The summed E-state index contributed by atoms with van der Waals surface area (Å²) in [4.78, 5) is 10.6. The fraction of sp³-hybridized carbons (Fsp3) is 0.364. The second kappa shape index (κ2) is 5.79. The van der Waals surface area contributed by atoms with Crippen LogP contribution in [0.25, 0.3) is 0 Å². The van der Waals surface area contributed by atoms with E-state index in [0.717, 1.165) is 0 Å². The molecule has 1 aromatic rings. The number of nitrogens with one attached hydrogen (secondary N) is 1. The van der Waals surface area contributed by atoms with Crippen LogP contribution in [0, 0.1) is 0 Å². The molecule has 0 unspecified atom stereocenters. The normalized spacial score (nSPS) is 11.5. The molecule has 1 amide bonds. The summed E-state index contributed by atoms with van der Waals surface area (Å²) in [6.45, 7) is 4.34. The summed E-state index contributed by atoms with van der Waals surface area (Å²) in [5.74, 6) is 0. The average molecular weight is 256 g/mol. The second-order valence-electron chi connectivity index (χ2n) is 3.35. The number of rotatable bonds is 6. The Balaban J connectivity index is 3.27. The van der Waals surface area contributed by atoms with E-state index >= 15 is 0 Å². The molecule has 17 heavy (non-hydrogen) atoms. The van der Waals surface area contributed by atoms with Gasteiger partial charge < -0.3 is 5.32 Å². The van der Waals surface area contributed by atoms with Crippen molar-refractivity contribution in [2.75, 3.05) is 18.4 Å². The van der Waals surface area contributed by atoms with Crippen molar-refractivity contribution in [1.82, 2.24) is 4.31 Å². The molecule has 0 saturated heterocycles. The molecule has 0 radical (unpaired) electrons. The van der Waals surface area contributed by atoms with Crippen LogP contribution < -0.4 is 5.32 Å². The van der Waals surface area contributed by atoms with Crippen LogP contribution >= 0.6 is 0 Å². The first-order valence-electron chi connectivity index (χ1n) is 5.37. The Labute approximate surface area is 101 Å². The third kappa shape index (κ3) is 2.83. The monoisotopic (exact) mass is 256 g/mol. The number of carbonyl (C=O) groups excluding carboxylic acids is 1. The van der Waals surface area contributed by atoms with E-state index in [1.807, 2.05) is 0 Å². The van der Waals surface area contributed by atoms with Crippen molar-refractivity contribution >= 4 is 22.1 Å². The van der Waals surface area contributed by atoms with Gasteiger partial charge >= 0.3 is 0 Å². The van der Waals surface area contributed by atoms with Crippen LogP contribution in [0.1, 0.15) is 13.8 Å². The molecule has 0 bridgehead atoms. The molecule has 5 nitrogen and oxygen atoms in total. The van der Waals surface area contributed by atoms with Gasteiger partial charge in [0.25, 0.3) is 0 Å². The molecule has 1 rings (SSSR count). The van der Waals surface area contributed by atoms with Gasteiger partial charge in [0.15, 0.2) is 0 Å². The summed E-state index contributed by atoms with van der Waals surface area (Å²) in [5.41, 5.74) is 0.300. The van der Waals surface area contributed by atoms with Crippen LogP contribution in [0.2, 0.25) is 0 Å². The van der Waals surface area contributed by atoms with Crippen LogP contribution in [0.4, 0.5) is 5.69 Å². The minimum atomic E-state index is -3.54. The maximum atomic E-state index is 12.3. The van der Waals surface area contributed by atoms with E-state index in [0.29, 0.717) is 25.2 Å². The van der Waals surface area contributed by atoms with E-state index in [-0.39, 0.29) is 4.90 Å². The molecule has 6 heteroatoms. The molecule has 0 aromatic heterocycles. The molecular formula is C11H16N2O3S. The lowest BCUT2D eigenvalue weighted by molar-refractivity contribution is -0.105. The van der Waals surface area contributed by atoms with Gasteiger partial charge in [-0.2, -0.15) is 4.31 Å². The van der Waals surface area contributed by atoms with E-state index in [2.05, 4.69) is 5.32 Å². The number of para-hydroxylation sites is 1. The van der Waals surface area contributed by atoms with E-state index < -0.39 is 10.0 Å². The Morgan fingerprint density at radius 3 is 2.35 bits per heavy atom. The van der Waals surface area contributed by atoms with Crippen LogP contribution in [-0.4, -0.2) is 32.2 Å². The van der Waals surface area contributed by atoms with Crippen molar-refractivity contribution in [2.24, 2.45) is 0 Å². The van der Waals surface area contributed by atoms with Gasteiger partial charge in [0.2, 0.25) is 16.4 Å². The van der Waals surface area contributed by atoms with Crippen LogP contribution in [-0.2, 0) is 14.8 Å². The fourth-order valence-electron chi connectivity index (χ4n) is 1.58. The summed E-state index contributed by atoms with van der Waals surface area (Å²) >= 11 is 0. The number of hydrogen-bond acceptors (Lipinski definition) is 3. The topological polar surface area (TPSA) is 66.5 Å². The number of amides is 1. The summed E-state index contributed by atoms with van der Waals surface area (Å²) < 4.78 is 25.9. The number of nitrogens with zero attached hydrogens (tertiary/aromatic N) is 1. The Hall–Kier alpha value is -1.40. The Morgan fingerprint density at radius 2 is 1.82 bits per heavy atom. The Bertz CT molecular complexity index is 481. The maximum absolute atomic E-state index is 12.3. The largest absolute Gasteiger partial charge is 0.328 e. The van der Waals surface area contributed by atoms with Crippen molar-refractivity contribution in [1.29, 1.82) is 0 Å². The van der Waals surface area contributed by atoms with E-state index in [9.17, 15) is 13.2 Å². The standard InChI is InChI=1S/C11H16N2O3S/c1-3-13(4-2)17(15,16)11-8-6-5-7-10(11)12-9-14/h5-9H,3-4H2,1-2H3,(H,12,14). The zero-order valence-corrected chi connectivity index (χ0v) is 10.7. The predicted molar refractivity (Wildman–Crippen MR) is 66.2 cm³/mol. The van der Waals surface area contributed by atoms with Gasteiger partial charge in [-0.1, -0.05) is 26.0 Å². The van der Waals surface area contributed by atoms with E-state index in [1.54, 1.807) is 32.0 Å². The molecule has 0 aliphatic heterocycles. The Morgan fingerprint density at radius 1 is 1.24 bits per heavy atom. The third-order valence-electron chi connectivity index (χ3n) is 2.42. The van der Waals surface area contributed by atoms with Crippen LogP contribution in [0.3, 0.4) is 0 Å². The van der Waals surface area contributed by atoms with Gasteiger partial charge in [0.05, 0.1) is 5.69 Å². The zero-order valence-electron chi connectivity index (χ0n) is 9.88. The number of carbonyl (C=O) groups is 1. The second-order valence-corrected chi connectivity index (χ2v) is 5.25. The lowest BCUT2D eigenvalue weighted by Crippen LogP contribution is -2.31. The lowest BCUT2D eigenvalue weighted by atomic mass is 10.3. The van der Waals surface area contributed by atoms with Gasteiger partial charge in [-0.25, -0.2) is 8.42 Å². The summed E-state index contributed by atoms with van der Waals surface area (Å²) in [7, 11) is -3.54. The molecule has 1 aromatic carbocycles. The molecule has 1 N–H and O–H groups in total. The molecule has 0 atom stereocenters. The average Bonchev–Trinajstić information content (AvgIpc) is 2.31. The van der Waals surface area contributed by atoms with Gasteiger partial charge in [0, 0.05) is 13.1 Å². The molecule has 0 aliphatic rings. The lowest BCUT2D eigenvalue weighted by Gasteiger charge is -2.19. The quantitative estimate of drug-likeness (QED) is 0.780. The Kier molecular flexibility index (Phi) is 4.65. The first-order chi connectivity index (χ1) is 8.07. The van der Waals surface area contributed by atoms with Crippen molar-refractivity contribution in [2.45, 2.75) is 18.7 Å². The number of anilines is 1. The molecule has 0 aliphatic carbocycles. The molecule has 0 saturated carbocycles. The van der Waals surface area contributed by atoms with E-state index in [4.69, 9.17) is 0 Å². The first-order valence-corrected chi connectivity index (χ1v) is 6.81. The first kappa shape index (κ1) is 13.7. The van der Waals surface area contributed by atoms with Crippen LogP contribution in [0.15, 0.2) is 29.2 Å². The minimum Gasteiger partial charge on any atom is -0.328 e. The summed E-state index contributed by atoms with van der Waals surface area (Å²) in [6.07, 6.45) is 0.469. The van der Waals surface area contributed by atoms with Crippen molar-refractivity contribution in [3.05, 3.63) is 24.3 Å². The number of sulfonamides is 1. The number of benzene rings is 1. The highest BCUT2D eigenvalue weighted by Gasteiger charge is 2.24. The van der Waals surface area contributed by atoms with Crippen molar-refractivity contribution in [3.63, 3.8) is 0 Å². The predicted octanol–water partition coefficient (Wildman–Crippen LogP) is 1.29. The highest BCUT2D eigenvalue weighted by atomic mass is 32.2. The molecule has 0 heterocycles. The molecule has 0 spiro atoms.